The Morgan fingerprint density at radius 3 is 2.29 bits per heavy atom. The predicted molar refractivity (Wildman–Crippen MR) is 66.6 cm³/mol. The van der Waals surface area contributed by atoms with Crippen molar-refractivity contribution in [2.75, 3.05) is 0 Å². The zero-order chi connectivity index (χ0) is 11.7. The number of para-hydroxylation sites is 2. The van der Waals surface area contributed by atoms with Crippen molar-refractivity contribution in [1.29, 1.82) is 0 Å². The molecule has 3 aromatic rings. The van der Waals surface area contributed by atoms with Crippen LogP contribution in [0.4, 0.5) is 0 Å². The van der Waals surface area contributed by atoms with Gasteiger partial charge in [0.2, 0.25) is 0 Å². The number of nitrogens with zero attached hydrogens (tertiary/aromatic N) is 2. The number of hydrogen-bond acceptors (Lipinski definition) is 3. The Balaban J connectivity index is 2.14. The van der Waals surface area contributed by atoms with Crippen molar-refractivity contribution in [2.45, 2.75) is 0 Å². The van der Waals surface area contributed by atoms with Gasteiger partial charge in [-0.25, -0.2) is 4.98 Å². The molecule has 17 heavy (non-hydrogen) atoms. The Bertz CT molecular complexity index is 662. The van der Waals surface area contributed by atoms with Crippen LogP contribution in [0.15, 0.2) is 54.7 Å². The van der Waals surface area contributed by atoms with Crippen LogP contribution in [-0.2, 0) is 0 Å². The van der Waals surface area contributed by atoms with E-state index in [1.165, 1.54) is 0 Å². The lowest BCUT2D eigenvalue weighted by Crippen LogP contribution is -1.87. The van der Waals surface area contributed by atoms with E-state index in [2.05, 4.69) is 9.97 Å². The van der Waals surface area contributed by atoms with E-state index in [1.807, 2.05) is 36.4 Å². The van der Waals surface area contributed by atoms with Crippen LogP contribution in [0, 0.1) is 0 Å². The van der Waals surface area contributed by atoms with Crippen molar-refractivity contribution in [3.05, 3.63) is 54.7 Å². The summed E-state index contributed by atoms with van der Waals surface area (Å²) in [5, 5.41) is 9.24. The van der Waals surface area contributed by atoms with Gasteiger partial charge in [-0.3, -0.25) is 4.98 Å². The first-order valence-electron chi connectivity index (χ1n) is 5.34. The van der Waals surface area contributed by atoms with Gasteiger partial charge in [0.1, 0.15) is 5.75 Å². The molecule has 0 aliphatic carbocycles. The van der Waals surface area contributed by atoms with E-state index in [9.17, 15) is 5.11 Å². The lowest BCUT2D eigenvalue weighted by Gasteiger charge is -2.02. The predicted octanol–water partition coefficient (Wildman–Crippen LogP) is 3.00. The fourth-order valence-electron chi connectivity index (χ4n) is 1.73. The minimum absolute atomic E-state index is 0.252. The summed E-state index contributed by atoms with van der Waals surface area (Å²) in [6.07, 6.45) is 1.74. The Labute approximate surface area is 98.4 Å². The fraction of sp³-hybridized carbons (Fsp3) is 0. The quantitative estimate of drug-likeness (QED) is 0.688. The van der Waals surface area contributed by atoms with Crippen LogP contribution in [0.5, 0.6) is 5.75 Å². The van der Waals surface area contributed by atoms with Crippen molar-refractivity contribution >= 4 is 11.0 Å². The molecule has 82 valence electrons. The van der Waals surface area contributed by atoms with Crippen molar-refractivity contribution in [2.24, 2.45) is 0 Å². The smallest absolute Gasteiger partial charge is 0.115 e. The highest BCUT2D eigenvalue weighted by molar-refractivity contribution is 5.76. The van der Waals surface area contributed by atoms with E-state index in [0.29, 0.717) is 0 Å². The number of rotatable bonds is 1. The summed E-state index contributed by atoms with van der Waals surface area (Å²) in [6, 6.07) is 14.7. The van der Waals surface area contributed by atoms with Gasteiger partial charge in [0.25, 0.3) is 0 Å². The molecule has 1 aromatic heterocycles. The van der Waals surface area contributed by atoms with Crippen molar-refractivity contribution in [1.82, 2.24) is 9.97 Å². The van der Waals surface area contributed by atoms with E-state index >= 15 is 0 Å². The van der Waals surface area contributed by atoms with Gasteiger partial charge in [0, 0.05) is 5.56 Å². The molecule has 0 bridgehead atoms. The molecule has 0 fully saturated rings. The molecule has 0 aliphatic rings. The summed E-state index contributed by atoms with van der Waals surface area (Å²) in [5.41, 5.74) is 3.51. The summed E-state index contributed by atoms with van der Waals surface area (Å²) in [4.78, 5) is 8.89. The number of benzene rings is 2. The molecule has 1 N–H and O–H groups in total. The fourth-order valence-corrected chi connectivity index (χ4v) is 1.73. The minimum Gasteiger partial charge on any atom is -0.508 e. The average Bonchev–Trinajstić information content (AvgIpc) is 2.39. The molecule has 0 atom stereocenters. The van der Waals surface area contributed by atoms with Gasteiger partial charge in [-0.05, 0) is 36.4 Å². The molecule has 0 unspecified atom stereocenters. The standard InChI is InChI=1S/C14H10N2O/c17-11-7-5-10(6-8-11)14-9-15-12-3-1-2-4-13(12)16-14/h1-9,17H. The third-order valence-corrected chi connectivity index (χ3v) is 2.61. The molecule has 0 aliphatic heterocycles. The molecule has 0 radical (unpaired) electrons. The normalized spacial score (nSPS) is 10.6. The van der Waals surface area contributed by atoms with Gasteiger partial charge in [-0.15, -0.1) is 0 Å². The van der Waals surface area contributed by atoms with Crippen LogP contribution < -0.4 is 0 Å². The van der Waals surface area contributed by atoms with Gasteiger partial charge in [0.15, 0.2) is 0 Å². The molecular weight excluding hydrogens is 212 g/mol. The van der Waals surface area contributed by atoms with Crippen LogP contribution >= 0.6 is 0 Å². The number of hydrogen-bond donors (Lipinski definition) is 1. The molecular formula is C14H10N2O. The zero-order valence-electron chi connectivity index (χ0n) is 9.04. The van der Waals surface area contributed by atoms with Crippen LogP contribution in [0.3, 0.4) is 0 Å². The van der Waals surface area contributed by atoms with Crippen molar-refractivity contribution in [3.63, 3.8) is 0 Å². The van der Waals surface area contributed by atoms with E-state index in [0.717, 1.165) is 22.3 Å². The van der Waals surface area contributed by atoms with E-state index in [-0.39, 0.29) is 5.75 Å². The summed E-state index contributed by atoms with van der Waals surface area (Å²) >= 11 is 0. The Morgan fingerprint density at radius 2 is 1.53 bits per heavy atom. The number of fused-ring (bicyclic) bond motifs is 1. The molecule has 1 heterocycles. The van der Waals surface area contributed by atoms with Crippen LogP contribution in [0.2, 0.25) is 0 Å². The van der Waals surface area contributed by atoms with Crippen molar-refractivity contribution in [3.8, 4) is 17.0 Å². The second-order valence-electron chi connectivity index (χ2n) is 3.79. The maximum absolute atomic E-state index is 9.24. The van der Waals surface area contributed by atoms with Gasteiger partial charge in [-0.2, -0.15) is 0 Å². The van der Waals surface area contributed by atoms with E-state index in [4.69, 9.17) is 0 Å². The lowest BCUT2D eigenvalue weighted by molar-refractivity contribution is 0.475. The third kappa shape index (κ3) is 1.83. The molecule has 0 saturated carbocycles. The van der Waals surface area contributed by atoms with Crippen LogP contribution in [0.25, 0.3) is 22.3 Å². The maximum Gasteiger partial charge on any atom is 0.115 e. The molecule has 2 aromatic carbocycles. The van der Waals surface area contributed by atoms with Crippen LogP contribution in [0.1, 0.15) is 0 Å². The SMILES string of the molecule is Oc1ccc(-c2cnc3ccccc3n2)cc1. The molecule has 0 amide bonds. The maximum atomic E-state index is 9.24. The molecule has 3 nitrogen and oxygen atoms in total. The highest BCUT2D eigenvalue weighted by atomic mass is 16.3. The Hall–Kier alpha value is -2.42. The largest absolute Gasteiger partial charge is 0.508 e. The summed E-state index contributed by atoms with van der Waals surface area (Å²) < 4.78 is 0. The first kappa shape index (κ1) is 9.78. The highest BCUT2D eigenvalue weighted by Crippen LogP contribution is 2.21. The molecule has 0 saturated heterocycles. The van der Waals surface area contributed by atoms with Gasteiger partial charge < -0.3 is 5.11 Å². The monoisotopic (exact) mass is 222 g/mol. The second-order valence-corrected chi connectivity index (χ2v) is 3.79. The second kappa shape index (κ2) is 3.87. The third-order valence-electron chi connectivity index (χ3n) is 2.61. The van der Waals surface area contributed by atoms with Crippen molar-refractivity contribution < 1.29 is 5.11 Å². The number of phenolic OH excluding ortho intramolecular Hbond substituents is 1. The Kier molecular flexibility index (Phi) is 2.22. The van der Waals surface area contributed by atoms with Gasteiger partial charge >= 0.3 is 0 Å². The summed E-state index contributed by atoms with van der Waals surface area (Å²) in [6.45, 7) is 0. The zero-order valence-corrected chi connectivity index (χ0v) is 9.04. The molecule has 3 heteroatoms. The highest BCUT2D eigenvalue weighted by Gasteiger charge is 2.01. The number of phenols is 1. The molecule has 3 rings (SSSR count). The van der Waals surface area contributed by atoms with E-state index < -0.39 is 0 Å². The number of aromatic hydroxyl groups is 1. The van der Waals surface area contributed by atoms with Gasteiger partial charge in [0.05, 0.1) is 22.9 Å². The molecule has 0 spiro atoms. The number of aromatic nitrogens is 2. The topological polar surface area (TPSA) is 46.0 Å². The van der Waals surface area contributed by atoms with Crippen LogP contribution in [-0.4, -0.2) is 15.1 Å². The lowest BCUT2D eigenvalue weighted by atomic mass is 10.1. The summed E-state index contributed by atoms with van der Waals surface area (Å²) in [7, 11) is 0. The van der Waals surface area contributed by atoms with E-state index in [1.54, 1.807) is 18.3 Å². The Morgan fingerprint density at radius 1 is 0.824 bits per heavy atom. The average molecular weight is 222 g/mol. The minimum atomic E-state index is 0.252. The first-order valence-corrected chi connectivity index (χ1v) is 5.34. The summed E-state index contributed by atoms with van der Waals surface area (Å²) in [5.74, 6) is 0.252. The first-order chi connectivity index (χ1) is 8.33. The van der Waals surface area contributed by atoms with Gasteiger partial charge in [-0.1, -0.05) is 12.1 Å².